The third-order valence-corrected chi connectivity index (χ3v) is 11.3. The fourth-order valence-electron chi connectivity index (χ4n) is 7.81. The molecule has 218 valence electrons. The molecule has 2 aliphatic carbocycles. The van der Waals surface area contributed by atoms with Gasteiger partial charge in [0.2, 0.25) is 5.82 Å². The maximum atomic E-state index is 16.3. The van der Waals surface area contributed by atoms with Gasteiger partial charge in [-0.3, -0.25) is 4.90 Å². The van der Waals surface area contributed by atoms with Gasteiger partial charge in [0.05, 0.1) is 25.4 Å². The molecule has 0 aromatic carbocycles. The van der Waals surface area contributed by atoms with Crippen molar-refractivity contribution in [3.8, 4) is 12.1 Å². The molecule has 41 heavy (non-hydrogen) atoms. The first-order chi connectivity index (χ1) is 19.9. The Labute approximate surface area is 243 Å². The van der Waals surface area contributed by atoms with Gasteiger partial charge in [-0.2, -0.15) is 19.6 Å². The van der Waals surface area contributed by atoms with Crippen LogP contribution in [0, 0.1) is 22.6 Å². The first-order valence-electron chi connectivity index (χ1n) is 15.0. The zero-order valence-corrected chi connectivity index (χ0v) is 24.1. The molecule has 5 fully saturated rings. The molecule has 2 atom stereocenters. The number of nitrogen functional groups attached to an aromatic ring is 1. The standard InChI is InChI=1S/C29H37FN8O2S/c30-23-25(37-12-18-1-2-19(13-37)33-18)34-27(40-17-28(5-6-28)14-36-7-9-39-10-8-36)35-26(23)38-15-29(16-38)4-3-21-22(29)20(11-31)24(32)41-21/h18-19,33H,1-10,12-17,32H2/t18-,19+. The SMILES string of the molecule is N#Cc1c(N)sc2c1C1(CC2)CN(c2nc(OCC3(CN4CCOCC4)CC3)nc(N3C[C@H]4CC[C@@H](C3)N4)c2F)C1. The van der Waals surface area contributed by atoms with E-state index in [0.717, 1.165) is 90.0 Å². The Morgan fingerprint density at radius 1 is 1.10 bits per heavy atom. The Kier molecular flexibility index (Phi) is 6.11. The number of nitrogens with one attached hydrogen (secondary N) is 1. The van der Waals surface area contributed by atoms with Crippen molar-refractivity contribution in [3.05, 3.63) is 21.8 Å². The smallest absolute Gasteiger partial charge is 0.320 e. The highest BCUT2D eigenvalue weighted by molar-refractivity contribution is 7.16. The normalized spacial score (nSPS) is 27.5. The van der Waals surface area contributed by atoms with Gasteiger partial charge in [0.15, 0.2) is 11.6 Å². The second kappa shape index (κ2) is 9.66. The lowest BCUT2D eigenvalue weighted by Crippen LogP contribution is -2.59. The number of aromatic nitrogens is 2. The number of thiophene rings is 1. The summed E-state index contributed by atoms with van der Waals surface area (Å²) in [6.07, 6.45) is 6.32. The predicted octanol–water partition coefficient (Wildman–Crippen LogP) is 2.27. The molecular weight excluding hydrogens is 543 g/mol. The van der Waals surface area contributed by atoms with E-state index < -0.39 is 0 Å². The van der Waals surface area contributed by atoms with Crippen LogP contribution in [0.4, 0.5) is 21.0 Å². The van der Waals surface area contributed by atoms with E-state index in [1.807, 2.05) is 4.90 Å². The highest BCUT2D eigenvalue weighted by atomic mass is 32.1. The summed E-state index contributed by atoms with van der Waals surface area (Å²) < 4.78 is 28.2. The van der Waals surface area contributed by atoms with E-state index in [1.54, 1.807) is 0 Å². The number of anilines is 3. The van der Waals surface area contributed by atoms with Gasteiger partial charge in [-0.25, -0.2) is 0 Å². The minimum atomic E-state index is -0.369. The number of fused-ring (bicyclic) bond motifs is 4. The molecule has 6 aliphatic rings. The van der Waals surface area contributed by atoms with E-state index in [-0.39, 0.29) is 22.7 Å². The summed E-state index contributed by atoms with van der Waals surface area (Å²) >= 11 is 1.53. The fraction of sp³-hybridized carbons (Fsp3) is 0.690. The zero-order valence-electron chi connectivity index (χ0n) is 23.3. The van der Waals surface area contributed by atoms with Crippen LogP contribution >= 0.6 is 11.3 Å². The molecule has 4 aliphatic heterocycles. The second-order valence-corrected chi connectivity index (χ2v) is 14.2. The topological polar surface area (TPSA) is 116 Å². The van der Waals surface area contributed by atoms with Gasteiger partial charge in [0.25, 0.3) is 0 Å². The molecule has 4 saturated heterocycles. The number of piperazine rings is 1. The lowest BCUT2D eigenvalue weighted by Gasteiger charge is -2.49. The van der Waals surface area contributed by atoms with E-state index in [0.29, 0.717) is 54.0 Å². The number of nitrogens with zero attached hydrogens (tertiary/aromatic N) is 6. The number of aryl methyl sites for hydroxylation is 1. The first-order valence-corrected chi connectivity index (χ1v) is 15.8. The summed E-state index contributed by atoms with van der Waals surface area (Å²) in [5, 5.41) is 14.0. The van der Waals surface area contributed by atoms with Crippen LogP contribution in [-0.2, 0) is 16.6 Å². The van der Waals surface area contributed by atoms with Crippen LogP contribution < -0.4 is 25.6 Å². The van der Waals surface area contributed by atoms with Crippen molar-refractivity contribution in [1.82, 2.24) is 20.2 Å². The van der Waals surface area contributed by atoms with Crippen molar-refractivity contribution >= 4 is 28.0 Å². The first kappa shape index (κ1) is 25.9. The summed E-state index contributed by atoms with van der Waals surface area (Å²) in [5.74, 6) is 0.299. The van der Waals surface area contributed by atoms with Crippen molar-refractivity contribution in [2.75, 3.05) is 81.2 Å². The number of nitrogens with two attached hydrogens (primary N) is 1. The summed E-state index contributed by atoms with van der Waals surface area (Å²) in [6, 6.07) is 3.31. The number of ether oxygens (including phenoxy) is 2. The molecule has 6 heterocycles. The van der Waals surface area contributed by atoms with Crippen LogP contribution in [0.2, 0.25) is 0 Å². The number of hydrogen-bond donors (Lipinski definition) is 2. The van der Waals surface area contributed by atoms with E-state index in [1.165, 1.54) is 16.2 Å². The summed E-state index contributed by atoms with van der Waals surface area (Å²) in [7, 11) is 0. The summed E-state index contributed by atoms with van der Waals surface area (Å²) in [6.45, 7) is 7.70. The van der Waals surface area contributed by atoms with Crippen molar-refractivity contribution in [3.63, 3.8) is 0 Å². The van der Waals surface area contributed by atoms with Gasteiger partial charge in [0.1, 0.15) is 11.1 Å². The maximum Gasteiger partial charge on any atom is 0.320 e. The Morgan fingerprint density at radius 3 is 2.49 bits per heavy atom. The Bertz CT molecular complexity index is 1380. The average molecular weight is 581 g/mol. The highest BCUT2D eigenvalue weighted by Gasteiger charge is 2.52. The largest absolute Gasteiger partial charge is 0.463 e. The molecule has 1 saturated carbocycles. The van der Waals surface area contributed by atoms with E-state index in [4.69, 9.17) is 25.2 Å². The number of morpholine rings is 1. The fourth-order valence-corrected chi connectivity index (χ4v) is 8.95. The molecule has 2 bridgehead atoms. The average Bonchev–Trinajstić information content (AvgIpc) is 3.32. The van der Waals surface area contributed by atoms with Crippen LogP contribution in [0.3, 0.4) is 0 Å². The highest BCUT2D eigenvalue weighted by Crippen LogP contribution is 2.53. The zero-order chi connectivity index (χ0) is 27.8. The molecule has 2 aromatic rings. The van der Waals surface area contributed by atoms with Gasteiger partial charge < -0.3 is 30.3 Å². The van der Waals surface area contributed by atoms with Gasteiger partial charge >= 0.3 is 6.01 Å². The Balaban J connectivity index is 1.06. The van der Waals surface area contributed by atoms with Gasteiger partial charge in [-0.15, -0.1) is 11.3 Å². The molecular formula is C29H37FN8O2S. The minimum Gasteiger partial charge on any atom is -0.463 e. The van der Waals surface area contributed by atoms with Crippen LogP contribution in [0.5, 0.6) is 6.01 Å². The monoisotopic (exact) mass is 580 g/mol. The molecule has 12 heteroatoms. The second-order valence-electron chi connectivity index (χ2n) is 13.1. The maximum absolute atomic E-state index is 16.3. The van der Waals surface area contributed by atoms with Gasteiger partial charge in [-0.05, 0) is 44.1 Å². The molecule has 0 radical (unpaired) electrons. The van der Waals surface area contributed by atoms with E-state index in [2.05, 4.69) is 21.2 Å². The van der Waals surface area contributed by atoms with Crippen molar-refractivity contribution < 1.29 is 13.9 Å². The van der Waals surface area contributed by atoms with Crippen molar-refractivity contribution in [1.29, 1.82) is 5.26 Å². The van der Waals surface area contributed by atoms with Gasteiger partial charge in [0, 0.05) is 73.6 Å². The molecule has 1 spiro atoms. The lowest BCUT2D eigenvalue weighted by atomic mass is 9.74. The number of nitriles is 1. The third-order valence-electron chi connectivity index (χ3n) is 10.2. The molecule has 10 nitrogen and oxygen atoms in total. The van der Waals surface area contributed by atoms with Crippen LogP contribution in [0.25, 0.3) is 0 Å². The molecule has 0 unspecified atom stereocenters. The summed E-state index contributed by atoms with van der Waals surface area (Å²) in [5.41, 5.74) is 7.82. The van der Waals surface area contributed by atoms with Crippen LogP contribution in [0.15, 0.2) is 0 Å². The quantitative estimate of drug-likeness (QED) is 0.505. The molecule has 8 rings (SSSR count). The number of halogens is 1. The van der Waals surface area contributed by atoms with Crippen molar-refractivity contribution in [2.24, 2.45) is 5.41 Å². The predicted molar refractivity (Wildman–Crippen MR) is 154 cm³/mol. The summed E-state index contributed by atoms with van der Waals surface area (Å²) in [4.78, 5) is 17.2. The van der Waals surface area contributed by atoms with E-state index in [9.17, 15) is 5.26 Å². The molecule has 3 N–H and O–H groups in total. The minimum absolute atomic E-state index is 0.108. The molecule has 2 aromatic heterocycles. The van der Waals surface area contributed by atoms with Gasteiger partial charge in [-0.1, -0.05) is 0 Å². The van der Waals surface area contributed by atoms with Crippen LogP contribution in [-0.4, -0.2) is 92.6 Å². The number of hydrogen-bond acceptors (Lipinski definition) is 11. The van der Waals surface area contributed by atoms with Crippen LogP contribution in [0.1, 0.15) is 48.1 Å². The lowest BCUT2D eigenvalue weighted by molar-refractivity contribution is 0.0231. The Hall–Kier alpha value is -2.72. The third kappa shape index (κ3) is 4.44. The number of rotatable bonds is 7. The van der Waals surface area contributed by atoms with Crippen molar-refractivity contribution in [2.45, 2.75) is 56.0 Å². The molecule has 0 amide bonds. The Morgan fingerprint density at radius 2 is 1.80 bits per heavy atom. The van der Waals surface area contributed by atoms with E-state index >= 15 is 4.39 Å².